The molecule has 0 amide bonds. The smallest absolute Gasteiger partial charge is 0.155 e. The highest BCUT2D eigenvalue weighted by Crippen LogP contribution is 2.23. The van der Waals surface area contributed by atoms with Crippen LogP contribution in [0.2, 0.25) is 5.15 Å². The standard InChI is InChI=1S/C12H20ClN3/c1-6-12(4,5)7-14-11-9(3)8(2)10(13)15-16-11/h6-7H2,1-5H3,(H,14,16). The molecule has 1 aromatic heterocycles. The van der Waals surface area contributed by atoms with Crippen molar-refractivity contribution in [1.29, 1.82) is 0 Å². The van der Waals surface area contributed by atoms with Gasteiger partial charge in [-0.1, -0.05) is 32.4 Å². The molecule has 0 atom stereocenters. The maximum Gasteiger partial charge on any atom is 0.155 e. The zero-order valence-electron chi connectivity index (χ0n) is 10.7. The maximum absolute atomic E-state index is 5.90. The fraction of sp³-hybridized carbons (Fsp3) is 0.667. The first kappa shape index (κ1) is 13.2. The molecule has 4 heteroatoms. The van der Waals surface area contributed by atoms with E-state index in [-0.39, 0.29) is 5.41 Å². The highest BCUT2D eigenvalue weighted by Gasteiger charge is 2.16. The van der Waals surface area contributed by atoms with Crippen molar-refractivity contribution in [3.8, 4) is 0 Å². The van der Waals surface area contributed by atoms with Crippen LogP contribution < -0.4 is 5.32 Å². The van der Waals surface area contributed by atoms with Crippen molar-refractivity contribution in [2.24, 2.45) is 5.41 Å². The Morgan fingerprint density at radius 2 is 1.81 bits per heavy atom. The molecule has 0 aromatic carbocycles. The monoisotopic (exact) mass is 241 g/mol. The Hall–Kier alpha value is -0.830. The average molecular weight is 242 g/mol. The quantitative estimate of drug-likeness (QED) is 0.876. The van der Waals surface area contributed by atoms with Crippen LogP contribution in [0.3, 0.4) is 0 Å². The Bertz CT molecular complexity index is 375. The van der Waals surface area contributed by atoms with E-state index >= 15 is 0 Å². The van der Waals surface area contributed by atoms with E-state index in [2.05, 4.69) is 36.3 Å². The average Bonchev–Trinajstić information content (AvgIpc) is 2.25. The highest BCUT2D eigenvalue weighted by atomic mass is 35.5. The Morgan fingerprint density at radius 1 is 1.19 bits per heavy atom. The fourth-order valence-electron chi connectivity index (χ4n) is 1.19. The van der Waals surface area contributed by atoms with Gasteiger partial charge in [0, 0.05) is 6.54 Å². The molecule has 1 N–H and O–H groups in total. The van der Waals surface area contributed by atoms with Crippen LogP contribution in [0.25, 0.3) is 0 Å². The van der Waals surface area contributed by atoms with E-state index in [1.54, 1.807) is 0 Å². The van der Waals surface area contributed by atoms with E-state index < -0.39 is 0 Å². The number of nitrogens with zero attached hydrogens (tertiary/aromatic N) is 2. The lowest BCUT2D eigenvalue weighted by atomic mass is 9.90. The molecule has 0 bridgehead atoms. The number of rotatable bonds is 4. The molecule has 0 saturated heterocycles. The molecule has 1 aromatic rings. The third-order valence-electron chi connectivity index (χ3n) is 3.16. The SMILES string of the molecule is CCC(C)(C)CNc1nnc(Cl)c(C)c1C. The summed E-state index contributed by atoms with van der Waals surface area (Å²) >= 11 is 5.90. The zero-order valence-corrected chi connectivity index (χ0v) is 11.4. The van der Waals surface area contributed by atoms with Gasteiger partial charge in [0.15, 0.2) is 11.0 Å². The highest BCUT2D eigenvalue weighted by molar-refractivity contribution is 6.30. The van der Waals surface area contributed by atoms with Gasteiger partial charge in [0.2, 0.25) is 0 Å². The molecule has 0 aliphatic rings. The molecule has 0 saturated carbocycles. The number of aromatic nitrogens is 2. The van der Waals surface area contributed by atoms with E-state index in [0.717, 1.165) is 29.9 Å². The van der Waals surface area contributed by atoms with Gasteiger partial charge < -0.3 is 5.32 Å². The van der Waals surface area contributed by atoms with E-state index in [4.69, 9.17) is 11.6 Å². The van der Waals surface area contributed by atoms with Gasteiger partial charge in [0.05, 0.1) is 0 Å². The van der Waals surface area contributed by atoms with Gasteiger partial charge in [-0.3, -0.25) is 0 Å². The summed E-state index contributed by atoms with van der Waals surface area (Å²) in [5.41, 5.74) is 2.34. The Labute approximate surface area is 103 Å². The van der Waals surface area contributed by atoms with Gasteiger partial charge in [-0.2, -0.15) is 0 Å². The van der Waals surface area contributed by atoms with Crippen molar-refractivity contribution < 1.29 is 0 Å². The van der Waals surface area contributed by atoms with Crippen LogP contribution in [-0.2, 0) is 0 Å². The van der Waals surface area contributed by atoms with Crippen molar-refractivity contribution in [3.05, 3.63) is 16.3 Å². The van der Waals surface area contributed by atoms with Crippen LogP contribution in [0.4, 0.5) is 5.82 Å². The molecule has 0 spiro atoms. The second-order valence-electron chi connectivity index (χ2n) is 4.96. The van der Waals surface area contributed by atoms with Gasteiger partial charge >= 0.3 is 0 Å². The molecule has 0 radical (unpaired) electrons. The summed E-state index contributed by atoms with van der Waals surface area (Å²) in [7, 11) is 0. The van der Waals surface area contributed by atoms with Crippen molar-refractivity contribution in [2.45, 2.75) is 41.0 Å². The van der Waals surface area contributed by atoms with Crippen LogP contribution >= 0.6 is 11.6 Å². The summed E-state index contributed by atoms with van der Waals surface area (Å²) in [5.74, 6) is 0.837. The molecule has 90 valence electrons. The predicted molar refractivity (Wildman–Crippen MR) is 69.1 cm³/mol. The summed E-state index contributed by atoms with van der Waals surface area (Å²) in [5, 5.41) is 11.8. The topological polar surface area (TPSA) is 37.8 Å². The molecule has 0 aliphatic carbocycles. The van der Waals surface area contributed by atoms with E-state index in [9.17, 15) is 0 Å². The number of nitrogens with one attached hydrogen (secondary N) is 1. The van der Waals surface area contributed by atoms with Crippen LogP contribution in [0.5, 0.6) is 0 Å². The van der Waals surface area contributed by atoms with Crippen molar-refractivity contribution in [1.82, 2.24) is 10.2 Å². The molecule has 0 fully saturated rings. The minimum Gasteiger partial charge on any atom is -0.368 e. The lowest BCUT2D eigenvalue weighted by Gasteiger charge is -2.23. The van der Waals surface area contributed by atoms with Crippen molar-refractivity contribution in [2.75, 3.05) is 11.9 Å². The first-order valence-electron chi connectivity index (χ1n) is 5.60. The molecular formula is C12H20ClN3. The molecular weight excluding hydrogens is 222 g/mol. The summed E-state index contributed by atoms with van der Waals surface area (Å²) in [6.45, 7) is 11.5. The lowest BCUT2D eigenvalue weighted by Crippen LogP contribution is -2.23. The zero-order chi connectivity index (χ0) is 12.3. The largest absolute Gasteiger partial charge is 0.368 e. The first-order valence-corrected chi connectivity index (χ1v) is 5.98. The minimum atomic E-state index is 0.266. The van der Waals surface area contributed by atoms with Gasteiger partial charge in [0.1, 0.15) is 0 Å². The van der Waals surface area contributed by atoms with Crippen LogP contribution in [0.15, 0.2) is 0 Å². The predicted octanol–water partition coefficient (Wildman–Crippen LogP) is 3.59. The number of hydrogen-bond acceptors (Lipinski definition) is 3. The molecule has 0 unspecified atom stereocenters. The van der Waals surface area contributed by atoms with Gasteiger partial charge in [-0.05, 0) is 36.8 Å². The minimum absolute atomic E-state index is 0.266. The molecule has 3 nitrogen and oxygen atoms in total. The second-order valence-corrected chi connectivity index (χ2v) is 5.32. The summed E-state index contributed by atoms with van der Waals surface area (Å²) < 4.78 is 0. The second kappa shape index (κ2) is 5.00. The van der Waals surface area contributed by atoms with Crippen LogP contribution in [0.1, 0.15) is 38.3 Å². The van der Waals surface area contributed by atoms with Gasteiger partial charge in [-0.25, -0.2) is 0 Å². The maximum atomic E-state index is 5.90. The Kier molecular flexibility index (Phi) is 4.14. The molecule has 1 rings (SSSR count). The summed E-state index contributed by atoms with van der Waals surface area (Å²) in [6, 6.07) is 0. The van der Waals surface area contributed by atoms with Crippen LogP contribution in [0, 0.1) is 19.3 Å². The van der Waals surface area contributed by atoms with Gasteiger partial charge in [-0.15, -0.1) is 10.2 Å². The van der Waals surface area contributed by atoms with Crippen molar-refractivity contribution >= 4 is 17.4 Å². The number of hydrogen-bond donors (Lipinski definition) is 1. The first-order chi connectivity index (χ1) is 7.37. The molecule has 1 heterocycles. The van der Waals surface area contributed by atoms with Crippen LogP contribution in [-0.4, -0.2) is 16.7 Å². The summed E-state index contributed by atoms with van der Waals surface area (Å²) in [4.78, 5) is 0. The lowest BCUT2D eigenvalue weighted by molar-refractivity contribution is 0.376. The Morgan fingerprint density at radius 3 is 2.38 bits per heavy atom. The third kappa shape index (κ3) is 3.08. The van der Waals surface area contributed by atoms with E-state index in [1.165, 1.54) is 0 Å². The Balaban J connectivity index is 2.80. The third-order valence-corrected chi connectivity index (χ3v) is 3.52. The van der Waals surface area contributed by atoms with Crippen molar-refractivity contribution in [3.63, 3.8) is 0 Å². The number of halogens is 1. The molecule has 0 aliphatic heterocycles. The fourth-order valence-corrected chi connectivity index (χ4v) is 1.37. The summed E-state index contributed by atoms with van der Waals surface area (Å²) in [6.07, 6.45) is 1.12. The van der Waals surface area contributed by atoms with E-state index in [0.29, 0.717) is 5.15 Å². The molecule has 16 heavy (non-hydrogen) atoms. The number of anilines is 1. The van der Waals surface area contributed by atoms with Gasteiger partial charge in [0.25, 0.3) is 0 Å². The van der Waals surface area contributed by atoms with E-state index in [1.807, 2.05) is 13.8 Å². The normalized spacial score (nSPS) is 11.6.